The van der Waals surface area contributed by atoms with Crippen molar-refractivity contribution in [2.24, 2.45) is 0 Å². The van der Waals surface area contributed by atoms with Crippen molar-refractivity contribution in [3.8, 4) is 5.69 Å². The van der Waals surface area contributed by atoms with Crippen molar-refractivity contribution in [1.82, 2.24) is 15.0 Å². The maximum absolute atomic E-state index is 11.2. The first-order valence-electron chi connectivity index (χ1n) is 6.31. The molecule has 0 aliphatic carbocycles. The summed E-state index contributed by atoms with van der Waals surface area (Å²) in [5, 5.41) is 40.4. The van der Waals surface area contributed by atoms with Crippen LogP contribution in [0.5, 0.6) is 0 Å². The van der Waals surface area contributed by atoms with E-state index in [2.05, 4.69) is 10.3 Å². The second kappa shape index (κ2) is 5.35. The first-order valence-corrected chi connectivity index (χ1v) is 6.31. The van der Waals surface area contributed by atoms with E-state index in [1.165, 1.54) is 18.2 Å². The van der Waals surface area contributed by atoms with Crippen molar-refractivity contribution in [1.29, 1.82) is 0 Å². The van der Waals surface area contributed by atoms with Gasteiger partial charge in [0.1, 0.15) is 16.7 Å². The molecular weight excluding hydrogens is 324 g/mol. The van der Waals surface area contributed by atoms with Gasteiger partial charge in [0.25, 0.3) is 11.4 Å². The molecule has 24 heavy (non-hydrogen) atoms. The number of nitrogens with zero attached hydrogens (tertiary/aromatic N) is 6. The Morgan fingerprint density at radius 3 is 2.08 bits per heavy atom. The van der Waals surface area contributed by atoms with Gasteiger partial charge in [0.2, 0.25) is 0 Å². The summed E-state index contributed by atoms with van der Waals surface area (Å²) in [4.78, 5) is 30.7. The van der Waals surface area contributed by atoms with Crippen molar-refractivity contribution in [3.63, 3.8) is 0 Å². The van der Waals surface area contributed by atoms with Gasteiger partial charge < -0.3 is 0 Å². The monoisotopic (exact) mass is 330 g/mol. The van der Waals surface area contributed by atoms with Gasteiger partial charge in [-0.1, -0.05) is 5.21 Å². The molecule has 0 atom stereocenters. The Morgan fingerprint density at radius 2 is 1.46 bits per heavy atom. The van der Waals surface area contributed by atoms with Gasteiger partial charge in [0.15, 0.2) is 0 Å². The van der Waals surface area contributed by atoms with E-state index in [1.54, 1.807) is 0 Å². The molecule has 0 aliphatic rings. The zero-order chi connectivity index (χ0) is 17.4. The molecule has 1 heterocycles. The summed E-state index contributed by atoms with van der Waals surface area (Å²) in [5.41, 5.74) is -0.901. The highest BCUT2D eigenvalue weighted by Gasteiger charge is 2.23. The van der Waals surface area contributed by atoms with E-state index in [1.807, 2.05) is 0 Å². The summed E-state index contributed by atoms with van der Waals surface area (Å²) in [7, 11) is 0. The minimum absolute atomic E-state index is 0.0893. The molecule has 0 fully saturated rings. The van der Waals surface area contributed by atoms with E-state index in [0.717, 1.165) is 22.9 Å². The van der Waals surface area contributed by atoms with Gasteiger partial charge in [-0.25, -0.2) is 4.68 Å². The minimum atomic E-state index is -0.798. The summed E-state index contributed by atoms with van der Waals surface area (Å²) in [5.74, 6) is 0. The lowest BCUT2D eigenvalue weighted by atomic mass is 10.2. The van der Waals surface area contributed by atoms with Crippen LogP contribution in [0.3, 0.4) is 0 Å². The Morgan fingerprint density at radius 1 is 0.833 bits per heavy atom. The van der Waals surface area contributed by atoms with Crippen molar-refractivity contribution < 1.29 is 14.8 Å². The molecule has 0 saturated heterocycles. The van der Waals surface area contributed by atoms with Crippen LogP contribution in [0.4, 0.5) is 17.1 Å². The first-order chi connectivity index (χ1) is 11.4. The molecule has 0 amide bonds. The molecule has 0 bridgehead atoms. The molecule has 0 radical (unpaired) electrons. The second-order valence-electron chi connectivity index (χ2n) is 4.62. The Bertz CT molecular complexity index is 1010. The fraction of sp³-hybridized carbons (Fsp3) is 0. The number of hydrogen-bond donors (Lipinski definition) is 0. The van der Waals surface area contributed by atoms with Crippen LogP contribution in [0.15, 0.2) is 36.4 Å². The number of rotatable bonds is 4. The molecule has 1 aromatic heterocycles. The number of nitro benzene ring substituents is 3. The molecule has 0 saturated carbocycles. The molecule has 0 spiro atoms. The van der Waals surface area contributed by atoms with Crippen LogP contribution < -0.4 is 0 Å². The third kappa shape index (κ3) is 2.37. The average molecular weight is 330 g/mol. The Balaban J connectivity index is 2.27. The summed E-state index contributed by atoms with van der Waals surface area (Å²) in [6.45, 7) is 0. The zero-order valence-electron chi connectivity index (χ0n) is 11.6. The third-order valence-corrected chi connectivity index (χ3v) is 3.23. The van der Waals surface area contributed by atoms with Crippen LogP contribution in [0, 0.1) is 30.3 Å². The summed E-state index contributed by atoms with van der Waals surface area (Å²) in [6, 6.07) is 6.76. The van der Waals surface area contributed by atoms with Crippen molar-refractivity contribution in [2.45, 2.75) is 0 Å². The Hall–Kier alpha value is -3.96. The number of aromatic nitrogens is 3. The lowest BCUT2D eigenvalue weighted by Crippen LogP contribution is -2.03. The van der Waals surface area contributed by atoms with Gasteiger partial charge in [-0.3, -0.25) is 30.3 Å². The molecule has 120 valence electrons. The standard InChI is InChI=1S/C12H6N6O6/c19-16(20)7-1-3-9-11(5-7)15(14-13-9)10-4-2-8(17(21)22)6-12(10)18(23)24/h1-6H. The topological polar surface area (TPSA) is 160 Å². The quantitative estimate of drug-likeness (QED) is 0.519. The fourth-order valence-electron chi connectivity index (χ4n) is 2.15. The van der Waals surface area contributed by atoms with Gasteiger partial charge in [-0.05, 0) is 12.1 Å². The molecule has 0 aliphatic heterocycles. The maximum Gasteiger partial charge on any atom is 0.301 e. The van der Waals surface area contributed by atoms with E-state index >= 15 is 0 Å². The lowest BCUT2D eigenvalue weighted by molar-refractivity contribution is -0.394. The molecule has 3 rings (SSSR count). The van der Waals surface area contributed by atoms with Crippen molar-refractivity contribution in [3.05, 3.63) is 66.7 Å². The van der Waals surface area contributed by atoms with Gasteiger partial charge in [0, 0.05) is 18.2 Å². The molecule has 0 N–H and O–H groups in total. The van der Waals surface area contributed by atoms with Crippen molar-refractivity contribution >= 4 is 28.1 Å². The number of hydrogen-bond acceptors (Lipinski definition) is 8. The fourth-order valence-corrected chi connectivity index (χ4v) is 2.15. The van der Waals surface area contributed by atoms with Crippen LogP contribution in [0.25, 0.3) is 16.7 Å². The lowest BCUT2D eigenvalue weighted by Gasteiger charge is -2.03. The number of benzene rings is 2. The third-order valence-electron chi connectivity index (χ3n) is 3.23. The second-order valence-corrected chi connectivity index (χ2v) is 4.62. The van der Waals surface area contributed by atoms with Crippen molar-refractivity contribution in [2.75, 3.05) is 0 Å². The maximum atomic E-state index is 11.2. The van der Waals surface area contributed by atoms with E-state index in [0.29, 0.717) is 0 Å². The first kappa shape index (κ1) is 15.0. The average Bonchev–Trinajstić information content (AvgIpc) is 2.96. The van der Waals surface area contributed by atoms with Gasteiger partial charge >= 0.3 is 5.69 Å². The molecule has 12 heteroatoms. The largest absolute Gasteiger partial charge is 0.301 e. The van der Waals surface area contributed by atoms with Gasteiger partial charge in [0.05, 0.1) is 20.8 Å². The number of nitro groups is 3. The smallest absolute Gasteiger partial charge is 0.258 e. The highest BCUT2D eigenvalue weighted by atomic mass is 16.6. The summed E-state index contributed by atoms with van der Waals surface area (Å²) in [6.07, 6.45) is 0. The molecular formula is C12H6N6O6. The summed E-state index contributed by atoms with van der Waals surface area (Å²) >= 11 is 0. The normalized spacial score (nSPS) is 10.7. The van der Waals surface area contributed by atoms with E-state index in [-0.39, 0.29) is 22.4 Å². The highest BCUT2D eigenvalue weighted by molar-refractivity contribution is 5.80. The van der Waals surface area contributed by atoms with Gasteiger partial charge in [-0.2, -0.15) is 0 Å². The zero-order valence-corrected chi connectivity index (χ0v) is 11.6. The Kier molecular flexibility index (Phi) is 3.33. The van der Waals surface area contributed by atoms with Crippen LogP contribution in [-0.2, 0) is 0 Å². The van der Waals surface area contributed by atoms with Gasteiger partial charge in [-0.15, -0.1) is 5.10 Å². The number of non-ortho nitro benzene ring substituents is 2. The van der Waals surface area contributed by atoms with Crippen LogP contribution >= 0.6 is 0 Å². The predicted molar refractivity (Wildman–Crippen MR) is 78.8 cm³/mol. The summed E-state index contributed by atoms with van der Waals surface area (Å²) < 4.78 is 1.03. The van der Waals surface area contributed by atoms with Crippen LogP contribution in [0.1, 0.15) is 0 Å². The molecule has 12 nitrogen and oxygen atoms in total. The SMILES string of the molecule is O=[N+]([O-])c1ccc(-n2nnc3ccc([N+](=O)[O-])cc32)c([N+](=O)[O-])c1. The van der Waals surface area contributed by atoms with Crippen LogP contribution in [0.2, 0.25) is 0 Å². The predicted octanol–water partition coefficient (Wildman–Crippen LogP) is 2.15. The highest BCUT2D eigenvalue weighted by Crippen LogP contribution is 2.30. The van der Waals surface area contributed by atoms with Crippen LogP contribution in [-0.4, -0.2) is 29.8 Å². The van der Waals surface area contributed by atoms with E-state index in [9.17, 15) is 30.3 Å². The molecule has 2 aromatic carbocycles. The molecule has 3 aromatic rings. The minimum Gasteiger partial charge on any atom is -0.258 e. The number of fused-ring (bicyclic) bond motifs is 1. The Labute approximate surface area is 131 Å². The van der Waals surface area contributed by atoms with E-state index in [4.69, 9.17) is 0 Å². The molecule has 0 unspecified atom stereocenters. The van der Waals surface area contributed by atoms with E-state index < -0.39 is 26.1 Å².